The summed E-state index contributed by atoms with van der Waals surface area (Å²) in [7, 11) is 6.04. The van der Waals surface area contributed by atoms with E-state index in [9.17, 15) is 52.7 Å². The number of alkyl carbamates (subject to hydrolysis) is 1. The molecule has 0 saturated carbocycles. The van der Waals surface area contributed by atoms with Crippen LogP contribution in [0, 0.1) is 23.7 Å². The molecule has 0 bridgehead atoms. The molecule has 0 spiro atoms. The van der Waals surface area contributed by atoms with E-state index in [0.717, 1.165) is 10.5 Å². The lowest BCUT2D eigenvalue weighted by Crippen LogP contribution is -2.62. The summed E-state index contributed by atoms with van der Waals surface area (Å²) in [6.07, 6.45) is 4.38. The van der Waals surface area contributed by atoms with Crippen LogP contribution in [0.1, 0.15) is 138 Å². The zero-order chi connectivity index (χ0) is 70.0. The minimum Gasteiger partial charge on any atom is -0.467 e. The lowest BCUT2D eigenvalue weighted by Gasteiger charge is -2.41. The van der Waals surface area contributed by atoms with Gasteiger partial charge in [0.2, 0.25) is 35.4 Å². The molecule has 9 N–H and O–H groups in total. The molecule has 1 saturated heterocycles. The molecule has 2 aliphatic rings. The van der Waals surface area contributed by atoms with E-state index in [4.69, 9.17) is 36.9 Å². The van der Waals surface area contributed by atoms with Gasteiger partial charge in [0, 0.05) is 77.5 Å². The van der Waals surface area contributed by atoms with Crippen molar-refractivity contribution >= 4 is 88.2 Å². The Bertz CT molecular complexity index is 2930. The number of hydrogen-bond donors (Lipinski definition) is 8. The molecule has 0 aliphatic carbocycles. The number of imide groups is 1. The highest BCUT2D eigenvalue weighted by Gasteiger charge is 2.44. The van der Waals surface area contributed by atoms with Crippen LogP contribution in [0.25, 0.3) is 0 Å². The molecule has 11 amide bonds. The van der Waals surface area contributed by atoms with E-state index < -0.39 is 107 Å². The molecule has 0 unspecified atom stereocenters. The number of ether oxygens (including phenoxy) is 4. The molecule has 2 aromatic carbocycles. The van der Waals surface area contributed by atoms with Crippen molar-refractivity contribution in [2.24, 2.45) is 29.4 Å². The Morgan fingerprint density at radius 3 is 2.00 bits per heavy atom. The summed E-state index contributed by atoms with van der Waals surface area (Å²) in [5.74, 6) is -5.49. The van der Waals surface area contributed by atoms with Crippen LogP contribution in [0.2, 0.25) is 0 Å². The summed E-state index contributed by atoms with van der Waals surface area (Å²) in [6.45, 7) is 16.4. The molecule has 10 atom stereocenters. The highest BCUT2D eigenvalue weighted by Crippen LogP contribution is 2.30. The molecule has 4 rings (SSSR count). The number of likely N-dealkylation sites (N-methyl/N-ethyl adjacent to an activating group) is 1. The number of nitrogens with one attached hydrogen (secondary N) is 7. The SMILES string of the molecule is CC[C@H](C)[C@@H]([C@@H](CC(=O)N1CCC[C@H]1[C@H](OC)[C@@H](C)C(=S)N[C@@H](Cc1ccccc1)C(=O)OC)OC)N(C)C(=O)[C@@H](NC(=O)C(C)(C)NC(=O)OCc1ccc(NC(=O)[C@H](CCCNC(N)=O)NC(=O)[C@@H](NC(=O)CCCCCN2C(=O)C=CC2=O)C(C)C)cc1)C(C)C. The topological polar surface area (TPSA) is 345 Å². The first kappa shape index (κ1) is 78.4. The quantitative estimate of drug-likeness (QED) is 0.0191. The minimum atomic E-state index is -1.59. The fourth-order valence-corrected chi connectivity index (χ4v) is 11.7. The Balaban J connectivity index is 1.35. The lowest BCUT2D eigenvalue weighted by molar-refractivity contribution is -0.147. The van der Waals surface area contributed by atoms with E-state index in [1.807, 2.05) is 51.1 Å². The molecule has 520 valence electrons. The third-order valence-corrected chi connectivity index (χ3v) is 17.7. The number of benzene rings is 2. The van der Waals surface area contributed by atoms with Crippen LogP contribution in [-0.4, -0.2) is 187 Å². The molecule has 2 aliphatic heterocycles. The van der Waals surface area contributed by atoms with Gasteiger partial charge in [0.25, 0.3) is 11.8 Å². The highest BCUT2D eigenvalue weighted by molar-refractivity contribution is 7.80. The number of unbranched alkanes of at least 4 members (excludes halogenated alkanes) is 2. The first-order valence-electron chi connectivity index (χ1n) is 32.3. The molecule has 0 aromatic heterocycles. The molecule has 1 fully saturated rings. The number of rotatable bonds is 38. The number of likely N-dealkylation sites (tertiary alicyclic amines) is 1. The molecule has 0 radical (unpaired) electrons. The van der Waals surface area contributed by atoms with Crippen molar-refractivity contribution in [3.8, 4) is 0 Å². The van der Waals surface area contributed by atoms with Crippen LogP contribution in [0.5, 0.6) is 0 Å². The minimum absolute atomic E-state index is 0.0702. The van der Waals surface area contributed by atoms with Crippen LogP contribution in [0.15, 0.2) is 66.7 Å². The number of esters is 1. The fraction of sp³-hybridized carbons (Fsp3) is 0.612. The lowest BCUT2D eigenvalue weighted by atomic mass is 9.89. The van der Waals surface area contributed by atoms with Gasteiger partial charge in [-0.15, -0.1) is 0 Å². The van der Waals surface area contributed by atoms with Gasteiger partial charge in [0.1, 0.15) is 36.3 Å². The van der Waals surface area contributed by atoms with E-state index in [-0.39, 0.29) is 81.0 Å². The summed E-state index contributed by atoms with van der Waals surface area (Å²) in [4.78, 5) is 150. The van der Waals surface area contributed by atoms with Gasteiger partial charge in [-0.05, 0) is 93.4 Å². The molecule has 26 nitrogen and oxygen atoms in total. The summed E-state index contributed by atoms with van der Waals surface area (Å²) < 4.78 is 22.8. The van der Waals surface area contributed by atoms with Gasteiger partial charge in [-0.25, -0.2) is 14.4 Å². The number of methoxy groups -OCH3 is 3. The van der Waals surface area contributed by atoms with Crippen LogP contribution in [0.3, 0.4) is 0 Å². The number of primary amides is 1. The van der Waals surface area contributed by atoms with Gasteiger partial charge in [0.15, 0.2) is 0 Å². The summed E-state index contributed by atoms with van der Waals surface area (Å²) in [5, 5.41) is 19.4. The Hall–Kier alpha value is -8.04. The van der Waals surface area contributed by atoms with Gasteiger partial charge in [-0.1, -0.05) is 116 Å². The predicted octanol–water partition coefficient (Wildman–Crippen LogP) is 4.95. The molecule has 27 heteroatoms. The summed E-state index contributed by atoms with van der Waals surface area (Å²) in [5.41, 5.74) is 5.40. The first-order valence-corrected chi connectivity index (χ1v) is 32.8. The molecular formula is C67H101N11O15S. The van der Waals surface area contributed by atoms with Gasteiger partial charge >= 0.3 is 18.1 Å². The summed E-state index contributed by atoms with van der Waals surface area (Å²) >= 11 is 5.89. The average molecular weight is 1330 g/mol. The van der Waals surface area contributed by atoms with E-state index >= 15 is 0 Å². The Kier molecular flexibility index (Phi) is 32.0. The fourth-order valence-electron chi connectivity index (χ4n) is 11.5. The Labute approximate surface area is 558 Å². The zero-order valence-corrected chi connectivity index (χ0v) is 57.7. The molecule has 2 aromatic rings. The predicted molar refractivity (Wildman–Crippen MR) is 357 cm³/mol. The zero-order valence-electron chi connectivity index (χ0n) is 56.8. The maximum Gasteiger partial charge on any atom is 0.408 e. The normalized spacial score (nSPS) is 16.7. The molecule has 94 heavy (non-hydrogen) atoms. The van der Waals surface area contributed by atoms with Crippen molar-refractivity contribution in [3.05, 3.63) is 77.9 Å². The number of urea groups is 1. The van der Waals surface area contributed by atoms with Crippen molar-refractivity contribution in [1.82, 2.24) is 46.6 Å². The van der Waals surface area contributed by atoms with E-state index in [1.165, 1.54) is 40.2 Å². The van der Waals surface area contributed by atoms with E-state index in [1.54, 1.807) is 75.9 Å². The second kappa shape index (κ2) is 38.4. The monoisotopic (exact) mass is 1330 g/mol. The van der Waals surface area contributed by atoms with Crippen molar-refractivity contribution in [3.63, 3.8) is 0 Å². The average Bonchev–Trinajstić information content (AvgIpc) is 1.31. The van der Waals surface area contributed by atoms with E-state index in [2.05, 4.69) is 37.2 Å². The van der Waals surface area contributed by atoms with Crippen molar-refractivity contribution < 1.29 is 71.7 Å². The molecular weight excluding hydrogens is 1230 g/mol. The maximum absolute atomic E-state index is 14.7. The van der Waals surface area contributed by atoms with Gasteiger partial charge in [-0.2, -0.15) is 0 Å². The van der Waals surface area contributed by atoms with Crippen LogP contribution in [-0.2, 0) is 75.1 Å². The largest absolute Gasteiger partial charge is 0.467 e. The van der Waals surface area contributed by atoms with Crippen LogP contribution >= 0.6 is 12.2 Å². The van der Waals surface area contributed by atoms with Gasteiger partial charge < -0.3 is 71.7 Å². The number of carbonyl (C=O) groups excluding carboxylic acids is 11. The maximum atomic E-state index is 14.7. The van der Waals surface area contributed by atoms with Gasteiger partial charge in [-0.3, -0.25) is 43.3 Å². The summed E-state index contributed by atoms with van der Waals surface area (Å²) in [6, 6.07) is 10.2. The number of carbonyl (C=O) groups is 11. The number of hydrogen-bond acceptors (Lipinski definition) is 16. The van der Waals surface area contributed by atoms with Crippen LogP contribution in [0.4, 0.5) is 15.3 Å². The Morgan fingerprint density at radius 1 is 0.766 bits per heavy atom. The van der Waals surface area contributed by atoms with Crippen LogP contribution < -0.4 is 43.0 Å². The number of nitrogens with zero attached hydrogens (tertiary/aromatic N) is 3. The van der Waals surface area contributed by atoms with Crippen molar-refractivity contribution in [2.45, 2.75) is 194 Å². The number of anilines is 1. The standard InChI is InChI=1S/C67H101N11O15S/c1-14-42(6)57(50(90-11)38-54(82)77-36-22-26-49(77)58(91-12)43(7)61(94)72-48(63(86)92-13)37-44-23-17-15-18-24-44)76(10)62(85)56(41(4)5)74-64(87)67(8,9)75-66(89)93-39-45-28-30-46(31-29-45)70-59(83)47(25-21-34-69-65(68)88)71-60(84)55(40(2)3)73-51(79)27-19-16-20-35-78-52(80)32-33-53(78)81/h15,17-18,23-24,28-33,40-43,47-50,55-58H,14,16,19-22,25-27,34-39H2,1-13H3,(H,70,83)(H,71,84)(H,72,94)(H,73,79)(H,74,87)(H,75,89)(H3,68,69,88)/t42-,43+,47-,48-,49-,50+,55-,56-,57-,58+/m0/s1. The second-order valence-corrected chi connectivity index (χ2v) is 25.8. The van der Waals surface area contributed by atoms with Crippen molar-refractivity contribution in [2.75, 3.05) is 53.3 Å². The van der Waals surface area contributed by atoms with E-state index in [0.29, 0.717) is 67.7 Å². The van der Waals surface area contributed by atoms with Gasteiger partial charge in [0.05, 0.1) is 42.8 Å². The van der Waals surface area contributed by atoms with Crippen molar-refractivity contribution in [1.29, 1.82) is 0 Å². The first-order chi connectivity index (χ1) is 44.5. The smallest absolute Gasteiger partial charge is 0.408 e. The third kappa shape index (κ3) is 23.8. The second-order valence-electron chi connectivity index (χ2n) is 25.3. The number of thiocarbonyl (C=S) groups is 1. The third-order valence-electron chi connectivity index (χ3n) is 17.2. The Morgan fingerprint density at radius 2 is 1.41 bits per heavy atom. The molecule has 2 heterocycles. The number of nitrogens with two attached hydrogens (primary N) is 1. The number of amides is 11. The highest BCUT2D eigenvalue weighted by atomic mass is 32.1.